The molecule has 0 radical (unpaired) electrons. The Morgan fingerprint density at radius 2 is 1.70 bits per heavy atom. The van der Waals surface area contributed by atoms with Gasteiger partial charge in [0.05, 0.1) is 5.02 Å². The first-order valence-corrected chi connectivity index (χ1v) is 13.9. The summed E-state index contributed by atoms with van der Waals surface area (Å²) in [5.74, 6) is -0.429. The molecule has 4 aromatic rings. The minimum absolute atomic E-state index is 0.0244. The third kappa shape index (κ3) is 5.37. The van der Waals surface area contributed by atoms with E-state index in [0.29, 0.717) is 21.5 Å². The van der Waals surface area contributed by atoms with Gasteiger partial charge in [-0.1, -0.05) is 48.0 Å². The van der Waals surface area contributed by atoms with E-state index < -0.39 is 0 Å². The smallest absolute Gasteiger partial charge is 0.266 e. The van der Waals surface area contributed by atoms with E-state index in [1.807, 2.05) is 73.6 Å². The van der Waals surface area contributed by atoms with Crippen molar-refractivity contribution in [2.75, 3.05) is 19.4 Å². The Hall–Kier alpha value is -2.93. The minimum atomic E-state index is -0.306. The van der Waals surface area contributed by atoms with Crippen molar-refractivity contribution in [3.05, 3.63) is 88.0 Å². The number of carbonyl (C=O) groups excluding carboxylic acids is 1. The lowest BCUT2D eigenvalue weighted by Gasteiger charge is -2.37. The van der Waals surface area contributed by atoms with Gasteiger partial charge >= 0.3 is 0 Å². The standard InChI is InChI=1S/C30H31ClFN3OS/c1-33-22-10-7-19(8-11-22)20-9-16-26(32)21(17-20)18-35(24-14-12-23(34-2)13-15-24)30(36)29-28(31)25-5-3-4-6-27(25)37-29/h3-11,16-17,23-24,33-34H,12-15,18H2,1-2H3. The first-order valence-electron chi connectivity index (χ1n) is 12.7. The highest BCUT2D eigenvalue weighted by atomic mass is 35.5. The molecule has 2 N–H and O–H groups in total. The van der Waals surface area contributed by atoms with E-state index in [2.05, 4.69) is 10.6 Å². The maximum absolute atomic E-state index is 15.2. The molecule has 1 fully saturated rings. The SMILES string of the molecule is CNc1ccc(-c2ccc(F)c(CN(C(=O)c3sc4ccccc4c3Cl)C3CCC(NC)CC3)c2)cc1. The van der Waals surface area contributed by atoms with Crippen LogP contribution >= 0.6 is 22.9 Å². The van der Waals surface area contributed by atoms with Gasteiger partial charge in [-0.05, 0) is 74.2 Å². The maximum atomic E-state index is 15.2. The van der Waals surface area contributed by atoms with Crippen LogP contribution in [-0.2, 0) is 6.54 Å². The molecule has 3 aromatic carbocycles. The molecule has 0 spiro atoms. The van der Waals surface area contributed by atoms with E-state index in [0.717, 1.165) is 52.6 Å². The zero-order valence-corrected chi connectivity index (χ0v) is 22.6. The van der Waals surface area contributed by atoms with E-state index in [9.17, 15) is 4.79 Å². The van der Waals surface area contributed by atoms with Crippen molar-refractivity contribution in [2.45, 2.75) is 44.3 Å². The van der Waals surface area contributed by atoms with Crippen molar-refractivity contribution in [1.29, 1.82) is 0 Å². The summed E-state index contributed by atoms with van der Waals surface area (Å²) < 4.78 is 16.2. The lowest BCUT2D eigenvalue weighted by molar-refractivity contribution is 0.0604. The Labute approximate surface area is 226 Å². The van der Waals surface area contributed by atoms with Gasteiger partial charge in [0.15, 0.2) is 0 Å². The van der Waals surface area contributed by atoms with Gasteiger partial charge in [0.1, 0.15) is 10.7 Å². The number of nitrogens with one attached hydrogen (secondary N) is 2. The summed E-state index contributed by atoms with van der Waals surface area (Å²) in [5, 5.41) is 7.84. The van der Waals surface area contributed by atoms with Gasteiger partial charge in [-0.2, -0.15) is 0 Å². The van der Waals surface area contributed by atoms with Gasteiger partial charge in [-0.25, -0.2) is 4.39 Å². The molecule has 1 aliphatic rings. The van der Waals surface area contributed by atoms with Gasteiger partial charge in [0.2, 0.25) is 0 Å². The molecule has 1 saturated carbocycles. The van der Waals surface area contributed by atoms with E-state index in [1.165, 1.54) is 17.4 Å². The number of carbonyl (C=O) groups is 1. The largest absolute Gasteiger partial charge is 0.388 e. The first kappa shape index (κ1) is 25.7. The maximum Gasteiger partial charge on any atom is 0.266 e. The Morgan fingerprint density at radius 1 is 1.00 bits per heavy atom. The van der Waals surface area contributed by atoms with Gasteiger partial charge in [-0.15, -0.1) is 11.3 Å². The zero-order valence-electron chi connectivity index (χ0n) is 21.1. The lowest BCUT2D eigenvalue weighted by Crippen LogP contribution is -2.44. The fourth-order valence-corrected chi connectivity index (χ4v) is 6.68. The van der Waals surface area contributed by atoms with Crippen LogP contribution in [0.5, 0.6) is 0 Å². The third-order valence-electron chi connectivity index (χ3n) is 7.43. The molecular weight excluding hydrogens is 505 g/mol. The van der Waals surface area contributed by atoms with Crippen molar-refractivity contribution < 1.29 is 9.18 Å². The summed E-state index contributed by atoms with van der Waals surface area (Å²) in [6, 6.07) is 21.5. The normalized spacial score (nSPS) is 17.6. The number of hydrogen-bond donors (Lipinski definition) is 2. The highest BCUT2D eigenvalue weighted by Crippen LogP contribution is 2.38. The highest BCUT2D eigenvalue weighted by Gasteiger charge is 2.32. The third-order valence-corrected chi connectivity index (χ3v) is 9.09. The van der Waals surface area contributed by atoms with Crippen LogP contribution in [0.25, 0.3) is 21.2 Å². The predicted octanol–water partition coefficient (Wildman–Crippen LogP) is 7.58. The Morgan fingerprint density at radius 3 is 2.38 bits per heavy atom. The molecule has 4 nitrogen and oxygen atoms in total. The number of amides is 1. The molecule has 1 aromatic heterocycles. The molecule has 0 aliphatic heterocycles. The summed E-state index contributed by atoms with van der Waals surface area (Å²) in [7, 11) is 3.86. The van der Waals surface area contributed by atoms with E-state index in [4.69, 9.17) is 11.6 Å². The summed E-state index contributed by atoms with van der Waals surface area (Å²) in [6.45, 7) is 0.201. The molecule has 1 amide bonds. The number of rotatable bonds is 7. The monoisotopic (exact) mass is 535 g/mol. The zero-order chi connectivity index (χ0) is 25.9. The molecule has 37 heavy (non-hydrogen) atoms. The van der Waals surface area contributed by atoms with Crippen molar-refractivity contribution >= 4 is 44.6 Å². The van der Waals surface area contributed by atoms with Crippen LogP contribution in [0.2, 0.25) is 5.02 Å². The van der Waals surface area contributed by atoms with Gasteiger partial charge < -0.3 is 15.5 Å². The van der Waals surface area contributed by atoms with Crippen molar-refractivity contribution in [3.63, 3.8) is 0 Å². The molecule has 5 rings (SSSR count). The average Bonchev–Trinajstić information content (AvgIpc) is 3.29. The van der Waals surface area contributed by atoms with Crippen molar-refractivity contribution in [2.24, 2.45) is 0 Å². The van der Waals surface area contributed by atoms with Crippen LogP contribution in [-0.4, -0.2) is 37.0 Å². The number of nitrogens with zero attached hydrogens (tertiary/aromatic N) is 1. The second kappa shape index (κ2) is 11.2. The molecule has 0 unspecified atom stereocenters. The fraction of sp³-hybridized carbons (Fsp3) is 0.300. The number of anilines is 1. The Kier molecular flexibility index (Phi) is 7.79. The van der Waals surface area contributed by atoms with E-state index in [1.54, 1.807) is 6.07 Å². The Bertz CT molecular complexity index is 1400. The summed E-state index contributed by atoms with van der Waals surface area (Å²) in [5.41, 5.74) is 3.45. The van der Waals surface area contributed by atoms with Crippen LogP contribution < -0.4 is 10.6 Å². The summed E-state index contributed by atoms with van der Waals surface area (Å²) in [6.07, 6.45) is 3.69. The van der Waals surface area contributed by atoms with Gasteiger partial charge in [0, 0.05) is 47.0 Å². The van der Waals surface area contributed by atoms with E-state index >= 15 is 4.39 Å². The van der Waals surface area contributed by atoms with Crippen molar-refractivity contribution in [1.82, 2.24) is 10.2 Å². The molecule has 1 aliphatic carbocycles. The fourth-order valence-electron chi connectivity index (χ4n) is 5.21. The first-order chi connectivity index (χ1) is 18.0. The van der Waals surface area contributed by atoms with Crippen LogP contribution in [0.4, 0.5) is 10.1 Å². The number of halogens is 2. The topological polar surface area (TPSA) is 44.4 Å². The summed E-state index contributed by atoms with van der Waals surface area (Å²) >= 11 is 8.13. The second-order valence-corrected chi connectivity index (χ2v) is 11.0. The molecule has 0 bridgehead atoms. The predicted molar refractivity (Wildman–Crippen MR) is 153 cm³/mol. The highest BCUT2D eigenvalue weighted by molar-refractivity contribution is 7.21. The molecular formula is C30H31ClFN3OS. The molecule has 0 atom stereocenters. The van der Waals surface area contributed by atoms with E-state index in [-0.39, 0.29) is 24.3 Å². The molecule has 192 valence electrons. The number of hydrogen-bond acceptors (Lipinski definition) is 4. The number of thiophene rings is 1. The molecule has 7 heteroatoms. The van der Waals surface area contributed by atoms with Crippen molar-refractivity contribution in [3.8, 4) is 11.1 Å². The van der Waals surface area contributed by atoms with Gasteiger partial charge in [-0.3, -0.25) is 4.79 Å². The Balaban J connectivity index is 1.49. The molecule has 0 saturated heterocycles. The minimum Gasteiger partial charge on any atom is -0.388 e. The van der Waals surface area contributed by atoms with Crippen LogP contribution in [0.3, 0.4) is 0 Å². The summed E-state index contributed by atoms with van der Waals surface area (Å²) in [4.78, 5) is 16.4. The number of fused-ring (bicyclic) bond motifs is 1. The quantitative estimate of drug-likeness (QED) is 0.256. The second-order valence-electron chi connectivity index (χ2n) is 9.60. The van der Waals surface area contributed by atoms with Gasteiger partial charge in [0.25, 0.3) is 5.91 Å². The molecule has 1 heterocycles. The van der Waals surface area contributed by atoms with Crippen LogP contribution in [0.1, 0.15) is 40.9 Å². The number of benzene rings is 3. The van der Waals surface area contributed by atoms with Crippen LogP contribution in [0, 0.1) is 5.82 Å². The van der Waals surface area contributed by atoms with Crippen LogP contribution in [0.15, 0.2) is 66.7 Å². The lowest BCUT2D eigenvalue weighted by atomic mass is 9.89. The average molecular weight is 536 g/mol.